The molecule has 1 unspecified atom stereocenters. The Kier molecular flexibility index (Phi) is 7.41. The van der Waals surface area contributed by atoms with Gasteiger partial charge in [0.2, 0.25) is 10.0 Å². The van der Waals surface area contributed by atoms with E-state index < -0.39 is 14.9 Å². The Hall–Kier alpha value is -3.07. The number of sulfonamides is 1. The molecule has 4 rings (SSSR count). The molecule has 0 aliphatic heterocycles. The minimum Gasteiger partial charge on any atom is -0.306 e. The van der Waals surface area contributed by atoms with Crippen molar-refractivity contribution in [3.05, 3.63) is 94.5 Å². The number of nitrogens with one attached hydrogen (secondary N) is 2. The molecule has 0 radical (unpaired) electrons. The van der Waals surface area contributed by atoms with Gasteiger partial charge in [-0.05, 0) is 48.6 Å². The van der Waals surface area contributed by atoms with Crippen LogP contribution in [-0.4, -0.2) is 25.4 Å². The normalized spacial score (nSPS) is 19.4. The summed E-state index contributed by atoms with van der Waals surface area (Å²) in [4.78, 5) is 10.4. The van der Waals surface area contributed by atoms with E-state index in [0.29, 0.717) is 0 Å². The lowest BCUT2D eigenvalue weighted by Gasteiger charge is -2.35. The van der Waals surface area contributed by atoms with Gasteiger partial charge in [-0.15, -0.1) is 0 Å². The Morgan fingerprint density at radius 3 is 2.06 bits per heavy atom. The molecule has 2 N–H and O–H groups in total. The van der Waals surface area contributed by atoms with Crippen LogP contribution in [0.5, 0.6) is 0 Å². The van der Waals surface area contributed by atoms with Gasteiger partial charge in [0.15, 0.2) is 0 Å². The Morgan fingerprint density at radius 2 is 1.44 bits per heavy atom. The van der Waals surface area contributed by atoms with E-state index in [4.69, 9.17) is 0 Å². The Balaban J connectivity index is 1.44. The second kappa shape index (κ2) is 10.5. The summed E-state index contributed by atoms with van der Waals surface area (Å²) < 4.78 is 28.7. The Bertz CT molecular complexity index is 1210. The zero-order chi connectivity index (χ0) is 24.1. The molecule has 0 spiro atoms. The van der Waals surface area contributed by atoms with Crippen LogP contribution in [0.25, 0.3) is 11.1 Å². The lowest BCUT2D eigenvalue weighted by atomic mass is 9.90. The van der Waals surface area contributed by atoms with E-state index in [1.807, 2.05) is 18.2 Å². The van der Waals surface area contributed by atoms with Crippen LogP contribution in [0.15, 0.2) is 83.8 Å². The molecule has 0 amide bonds. The predicted molar refractivity (Wildman–Crippen MR) is 133 cm³/mol. The monoisotopic (exact) mass is 479 g/mol. The highest BCUT2D eigenvalue weighted by molar-refractivity contribution is 7.89. The first-order valence-electron chi connectivity index (χ1n) is 11.5. The Morgan fingerprint density at radius 1 is 0.853 bits per heavy atom. The van der Waals surface area contributed by atoms with Crippen molar-refractivity contribution in [3.63, 3.8) is 0 Å². The van der Waals surface area contributed by atoms with Crippen LogP contribution in [0.1, 0.15) is 44.2 Å². The smallest absolute Gasteiger partial charge is 0.269 e. The number of benzene rings is 3. The van der Waals surface area contributed by atoms with Crippen LogP contribution in [0.2, 0.25) is 0 Å². The van der Waals surface area contributed by atoms with E-state index in [2.05, 4.69) is 53.4 Å². The van der Waals surface area contributed by atoms with Crippen molar-refractivity contribution < 1.29 is 13.3 Å². The molecule has 34 heavy (non-hydrogen) atoms. The number of nitro groups is 1. The third-order valence-electron chi connectivity index (χ3n) is 6.41. The quantitative estimate of drug-likeness (QED) is 0.341. The van der Waals surface area contributed by atoms with Crippen molar-refractivity contribution in [3.8, 4) is 11.1 Å². The molecule has 0 saturated heterocycles. The largest absolute Gasteiger partial charge is 0.306 e. The number of hydrogen-bond donors (Lipinski definition) is 2. The number of nitro benzene ring substituents is 1. The lowest BCUT2D eigenvalue weighted by Crippen LogP contribution is -2.52. The molecule has 1 aliphatic carbocycles. The van der Waals surface area contributed by atoms with Crippen LogP contribution in [0.4, 0.5) is 5.69 Å². The molecule has 3 aromatic rings. The van der Waals surface area contributed by atoms with E-state index >= 15 is 0 Å². The van der Waals surface area contributed by atoms with Gasteiger partial charge < -0.3 is 5.32 Å². The molecule has 8 heteroatoms. The van der Waals surface area contributed by atoms with E-state index in [0.717, 1.165) is 36.8 Å². The summed E-state index contributed by atoms with van der Waals surface area (Å²) in [6.07, 6.45) is 3.60. The van der Waals surface area contributed by atoms with Crippen molar-refractivity contribution in [2.24, 2.45) is 0 Å². The number of rotatable bonds is 8. The van der Waals surface area contributed by atoms with Crippen LogP contribution >= 0.6 is 0 Å². The molecule has 0 bridgehead atoms. The minimum absolute atomic E-state index is 0.00891. The summed E-state index contributed by atoms with van der Waals surface area (Å²) in [5, 5.41) is 14.5. The van der Waals surface area contributed by atoms with Crippen molar-refractivity contribution in [1.29, 1.82) is 0 Å². The van der Waals surface area contributed by atoms with Gasteiger partial charge in [-0.3, -0.25) is 10.1 Å². The van der Waals surface area contributed by atoms with E-state index in [-0.39, 0.29) is 28.7 Å². The molecule has 1 fully saturated rings. The fourth-order valence-electron chi connectivity index (χ4n) is 4.50. The van der Waals surface area contributed by atoms with Gasteiger partial charge in [0.1, 0.15) is 0 Å². The first-order chi connectivity index (χ1) is 16.3. The summed E-state index contributed by atoms with van der Waals surface area (Å²) in [7, 11) is -3.78. The molecular weight excluding hydrogens is 450 g/mol. The van der Waals surface area contributed by atoms with E-state index in [1.54, 1.807) is 0 Å². The van der Waals surface area contributed by atoms with Crippen LogP contribution < -0.4 is 10.0 Å². The number of non-ortho nitro benzene ring substituents is 1. The Labute approximate surface area is 200 Å². The summed E-state index contributed by atoms with van der Waals surface area (Å²) in [6.45, 7) is 2.09. The highest BCUT2D eigenvalue weighted by Crippen LogP contribution is 2.26. The van der Waals surface area contributed by atoms with Gasteiger partial charge >= 0.3 is 0 Å². The van der Waals surface area contributed by atoms with E-state index in [1.165, 1.54) is 29.8 Å². The maximum Gasteiger partial charge on any atom is 0.269 e. The molecular formula is C26H29N3O4S. The van der Waals surface area contributed by atoms with Crippen molar-refractivity contribution in [2.75, 3.05) is 0 Å². The molecule has 1 saturated carbocycles. The minimum atomic E-state index is -3.78. The van der Waals surface area contributed by atoms with Gasteiger partial charge in [-0.1, -0.05) is 67.4 Å². The van der Waals surface area contributed by atoms with Gasteiger partial charge in [0.05, 0.1) is 9.82 Å². The zero-order valence-electron chi connectivity index (χ0n) is 19.1. The fraction of sp³-hybridized carbons (Fsp3) is 0.308. The molecule has 7 nitrogen and oxygen atoms in total. The van der Waals surface area contributed by atoms with Crippen molar-refractivity contribution in [2.45, 2.75) is 55.6 Å². The van der Waals surface area contributed by atoms with Gasteiger partial charge in [-0.2, -0.15) is 0 Å². The third-order valence-corrected chi connectivity index (χ3v) is 7.92. The van der Waals surface area contributed by atoms with Crippen molar-refractivity contribution >= 4 is 15.7 Å². The summed E-state index contributed by atoms with van der Waals surface area (Å²) in [6, 6.07) is 23.4. The average molecular weight is 480 g/mol. The van der Waals surface area contributed by atoms with Crippen molar-refractivity contribution in [1.82, 2.24) is 10.0 Å². The maximum absolute atomic E-state index is 12.9. The number of nitrogens with zero attached hydrogens (tertiary/aromatic N) is 1. The molecule has 178 valence electrons. The highest BCUT2D eigenvalue weighted by atomic mass is 32.2. The lowest BCUT2D eigenvalue weighted by molar-refractivity contribution is -0.384. The number of hydrogen-bond acceptors (Lipinski definition) is 5. The second-order valence-electron chi connectivity index (χ2n) is 8.75. The first-order valence-corrected chi connectivity index (χ1v) is 13.0. The molecule has 1 aliphatic rings. The zero-order valence-corrected chi connectivity index (χ0v) is 19.9. The predicted octanol–water partition coefficient (Wildman–Crippen LogP) is 5.20. The van der Waals surface area contributed by atoms with Crippen LogP contribution in [0.3, 0.4) is 0 Å². The summed E-state index contributed by atoms with van der Waals surface area (Å²) >= 11 is 0. The standard InChI is InChI=1S/C26H29N3O4S/c1-19(20-11-13-22(14-12-20)21-7-3-2-4-8-21)27-25-9-5-6-10-26(25)28-34(32,33)24-17-15-23(16-18-24)29(30)31/h2-4,7-8,11-19,25-28H,5-6,9-10H2,1H3/t19?,25-,26-/m1/s1. The summed E-state index contributed by atoms with van der Waals surface area (Å²) in [5.74, 6) is 0. The topological polar surface area (TPSA) is 101 Å². The second-order valence-corrected chi connectivity index (χ2v) is 10.5. The highest BCUT2D eigenvalue weighted by Gasteiger charge is 2.30. The summed E-state index contributed by atoms with van der Waals surface area (Å²) in [5.41, 5.74) is 3.33. The molecule has 0 aromatic heterocycles. The third kappa shape index (κ3) is 5.70. The molecule has 0 heterocycles. The van der Waals surface area contributed by atoms with Crippen LogP contribution in [0, 0.1) is 10.1 Å². The van der Waals surface area contributed by atoms with Gasteiger partial charge in [0, 0.05) is 30.3 Å². The molecule has 3 aromatic carbocycles. The first kappa shape index (κ1) is 24.1. The molecule has 3 atom stereocenters. The average Bonchev–Trinajstić information content (AvgIpc) is 2.86. The van der Waals surface area contributed by atoms with Crippen LogP contribution in [-0.2, 0) is 10.0 Å². The van der Waals surface area contributed by atoms with Gasteiger partial charge in [-0.25, -0.2) is 13.1 Å². The maximum atomic E-state index is 12.9. The SMILES string of the molecule is CC(N[C@@H]1CCCC[C@H]1NS(=O)(=O)c1ccc([N+](=O)[O-])cc1)c1ccc(-c2ccccc2)cc1. The van der Waals surface area contributed by atoms with Gasteiger partial charge in [0.25, 0.3) is 5.69 Å². The van der Waals surface area contributed by atoms with E-state index in [9.17, 15) is 18.5 Å². The fourth-order valence-corrected chi connectivity index (χ4v) is 5.81.